The molecule has 4 rings (SSSR count). The fourth-order valence-corrected chi connectivity index (χ4v) is 3.81. The third-order valence-corrected chi connectivity index (χ3v) is 5.26. The minimum Gasteiger partial charge on any atom is -0.489 e. The predicted molar refractivity (Wildman–Crippen MR) is 98.5 cm³/mol. The number of carboxylic acids is 1. The summed E-state index contributed by atoms with van der Waals surface area (Å²) in [7, 11) is 0. The molecule has 1 aliphatic heterocycles. The molecule has 2 unspecified atom stereocenters. The third-order valence-electron chi connectivity index (χ3n) is 5.26. The topological polar surface area (TPSA) is 55.8 Å². The van der Waals surface area contributed by atoms with E-state index in [4.69, 9.17) is 14.6 Å². The average Bonchev–Trinajstić information content (AvgIpc) is 3.29. The zero-order valence-corrected chi connectivity index (χ0v) is 15.5. The normalized spacial score (nSPS) is 22.0. The number of fused-ring (bicyclic) bond motifs is 1. The summed E-state index contributed by atoms with van der Waals surface area (Å²) in [5, 5.41) is 8.99. The minimum atomic E-state index is -0.701. The number of carboxylic acid groups (broad SMARTS) is 1. The van der Waals surface area contributed by atoms with E-state index in [1.807, 2.05) is 38.1 Å². The molecular formula is C22H23FO4. The molecule has 0 saturated heterocycles. The molecule has 2 aliphatic rings. The van der Waals surface area contributed by atoms with Gasteiger partial charge in [0.1, 0.15) is 29.5 Å². The Morgan fingerprint density at radius 2 is 2.04 bits per heavy atom. The summed E-state index contributed by atoms with van der Waals surface area (Å²) in [4.78, 5) is 10.9. The largest absolute Gasteiger partial charge is 0.489 e. The highest BCUT2D eigenvalue weighted by atomic mass is 19.1. The van der Waals surface area contributed by atoms with E-state index in [0.717, 1.165) is 29.7 Å². The molecule has 0 amide bonds. The van der Waals surface area contributed by atoms with E-state index < -0.39 is 5.97 Å². The summed E-state index contributed by atoms with van der Waals surface area (Å²) in [6.07, 6.45) is 2.21. The molecule has 1 fully saturated rings. The quantitative estimate of drug-likeness (QED) is 0.820. The Labute approximate surface area is 157 Å². The van der Waals surface area contributed by atoms with Gasteiger partial charge in [0.2, 0.25) is 0 Å². The lowest BCUT2D eigenvalue weighted by molar-refractivity contribution is -0.138. The van der Waals surface area contributed by atoms with E-state index in [1.165, 1.54) is 12.1 Å². The lowest BCUT2D eigenvalue weighted by atomic mass is 10.0. The maximum atomic E-state index is 13.9. The number of ether oxygens (including phenoxy) is 2. The summed E-state index contributed by atoms with van der Waals surface area (Å²) in [5.74, 6) is 0.491. The predicted octanol–water partition coefficient (Wildman–Crippen LogP) is 4.38. The Balaban J connectivity index is 1.39. The number of hydrogen-bond donors (Lipinski definition) is 1. The highest BCUT2D eigenvalue weighted by molar-refractivity contribution is 5.73. The zero-order valence-electron chi connectivity index (χ0n) is 15.5. The Hall–Kier alpha value is -2.56. The summed E-state index contributed by atoms with van der Waals surface area (Å²) >= 11 is 0. The smallest absolute Gasteiger partial charge is 0.306 e. The van der Waals surface area contributed by atoms with Crippen LogP contribution in [0, 0.1) is 17.7 Å². The van der Waals surface area contributed by atoms with Crippen LogP contribution in [-0.2, 0) is 24.2 Å². The van der Waals surface area contributed by atoms with Crippen LogP contribution in [0.1, 0.15) is 37.0 Å². The van der Waals surface area contributed by atoms with Crippen molar-refractivity contribution in [2.75, 3.05) is 0 Å². The highest BCUT2D eigenvalue weighted by Crippen LogP contribution is 2.41. The monoisotopic (exact) mass is 370 g/mol. The van der Waals surface area contributed by atoms with Crippen LogP contribution in [0.15, 0.2) is 36.4 Å². The van der Waals surface area contributed by atoms with Gasteiger partial charge in [0.25, 0.3) is 0 Å². The first kappa shape index (κ1) is 17.8. The molecule has 1 N–H and O–H groups in total. The average molecular weight is 370 g/mol. The molecule has 5 heteroatoms. The van der Waals surface area contributed by atoms with Gasteiger partial charge in [0.05, 0.1) is 5.92 Å². The molecule has 2 atom stereocenters. The van der Waals surface area contributed by atoms with Crippen molar-refractivity contribution in [1.29, 1.82) is 0 Å². The van der Waals surface area contributed by atoms with Gasteiger partial charge >= 0.3 is 5.97 Å². The van der Waals surface area contributed by atoms with E-state index in [2.05, 4.69) is 0 Å². The maximum absolute atomic E-state index is 13.9. The Kier molecular flexibility index (Phi) is 4.33. The third kappa shape index (κ3) is 3.92. The molecule has 1 heterocycles. The molecule has 2 aromatic rings. The summed E-state index contributed by atoms with van der Waals surface area (Å²) in [6, 6.07) is 10.7. The lowest BCUT2D eigenvalue weighted by Gasteiger charge is -2.18. The van der Waals surface area contributed by atoms with Gasteiger partial charge in [-0.2, -0.15) is 0 Å². The van der Waals surface area contributed by atoms with Crippen LogP contribution in [0.5, 0.6) is 11.5 Å². The van der Waals surface area contributed by atoms with Gasteiger partial charge in [-0.25, -0.2) is 4.39 Å². The van der Waals surface area contributed by atoms with Crippen LogP contribution < -0.4 is 9.47 Å². The van der Waals surface area contributed by atoms with E-state index in [1.54, 1.807) is 0 Å². The molecular weight excluding hydrogens is 347 g/mol. The first-order valence-corrected chi connectivity index (χ1v) is 9.25. The number of rotatable bonds is 6. The molecule has 142 valence electrons. The lowest BCUT2D eigenvalue weighted by Crippen LogP contribution is -2.25. The van der Waals surface area contributed by atoms with E-state index in [-0.39, 0.29) is 29.9 Å². The molecule has 0 spiro atoms. The van der Waals surface area contributed by atoms with Crippen molar-refractivity contribution in [1.82, 2.24) is 0 Å². The van der Waals surface area contributed by atoms with E-state index in [0.29, 0.717) is 17.7 Å². The number of carbonyl (C=O) groups is 1. The standard InChI is InChI=1S/C22H23FO4/c1-22(2)11-15-8-17(23)9-16(20(15)27-22)12-26-18-5-3-13(4-6-18)7-14-10-19(14)21(24)25/h3-6,8-9,14,19H,7,10-12H2,1-2H3,(H,24,25). The molecule has 4 nitrogen and oxygen atoms in total. The number of aliphatic carboxylic acids is 1. The second-order valence-electron chi connectivity index (χ2n) is 8.17. The van der Waals surface area contributed by atoms with Gasteiger partial charge in [0, 0.05) is 17.5 Å². The second-order valence-corrected chi connectivity index (χ2v) is 8.17. The fourth-order valence-electron chi connectivity index (χ4n) is 3.81. The van der Waals surface area contributed by atoms with Crippen LogP contribution in [0.3, 0.4) is 0 Å². The summed E-state index contributed by atoms with van der Waals surface area (Å²) in [5.41, 5.74) is 2.37. The van der Waals surface area contributed by atoms with Gasteiger partial charge in [-0.05, 0) is 62.4 Å². The van der Waals surface area contributed by atoms with Crippen molar-refractivity contribution in [2.24, 2.45) is 11.8 Å². The van der Waals surface area contributed by atoms with Gasteiger partial charge in [0.15, 0.2) is 0 Å². The summed E-state index contributed by atoms with van der Waals surface area (Å²) < 4.78 is 25.7. The molecule has 1 saturated carbocycles. The second kappa shape index (κ2) is 6.55. The molecule has 27 heavy (non-hydrogen) atoms. The molecule has 0 aromatic heterocycles. The highest BCUT2D eigenvalue weighted by Gasteiger charge is 2.42. The van der Waals surface area contributed by atoms with Crippen LogP contribution in [0.2, 0.25) is 0 Å². The maximum Gasteiger partial charge on any atom is 0.306 e. The van der Waals surface area contributed by atoms with Gasteiger partial charge < -0.3 is 14.6 Å². The van der Waals surface area contributed by atoms with Crippen LogP contribution in [0.25, 0.3) is 0 Å². The van der Waals surface area contributed by atoms with Crippen molar-refractivity contribution in [2.45, 2.75) is 45.3 Å². The molecule has 2 aromatic carbocycles. The SMILES string of the molecule is CC1(C)Cc2cc(F)cc(COc3ccc(CC4CC4C(=O)O)cc3)c2O1. The van der Waals surface area contributed by atoms with Crippen molar-refractivity contribution in [3.05, 3.63) is 58.9 Å². The Bertz CT molecular complexity index is 873. The van der Waals surface area contributed by atoms with Crippen LogP contribution in [-0.4, -0.2) is 16.7 Å². The fraction of sp³-hybridized carbons (Fsp3) is 0.409. The van der Waals surface area contributed by atoms with Crippen LogP contribution in [0.4, 0.5) is 4.39 Å². The van der Waals surface area contributed by atoms with Gasteiger partial charge in [-0.15, -0.1) is 0 Å². The molecule has 0 bridgehead atoms. The summed E-state index contributed by atoms with van der Waals surface area (Å²) in [6.45, 7) is 4.21. The number of halogens is 1. The number of hydrogen-bond acceptors (Lipinski definition) is 3. The first-order chi connectivity index (χ1) is 12.8. The van der Waals surface area contributed by atoms with Crippen molar-refractivity contribution < 1.29 is 23.8 Å². The van der Waals surface area contributed by atoms with Crippen molar-refractivity contribution >= 4 is 5.97 Å². The molecule has 1 aliphatic carbocycles. The Morgan fingerprint density at radius 1 is 1.30 bits per heavy atom. The number of benzene rings is 2. The van der Waals surface area contributed by atoms with Crippen molar-refractivity contribution in [3.8, 4) is 11.5 Å². The van der Waals surface area contributed by atoms with Crippen molar-refractivity contribution in [3.63, 3.8) is 0 Å². The van der Waals surface area contributed by atoms with E-state index >= 15 is 0 Å². The first-order valence-electron chi connectivity index (χ1n) is 9.25. The van der Waals surface area contributed by atoms with E-state index in [9.17, 15) is 9.18 Å². The van der Waals surface area contributed by atoms with Crippen LogP contribution >= 0.6 is 0 Å². The molecule has 0 radical (unpaired) electrons. The van der Waals surface area contributed by atoms with Gasteiger partial charge in [-0.3, -0.25) is 4.79 Å². The van der Waals surface area contributed by atoms with Gasteiger partial charge in [-0.1, -0.05) is 12.1 Å². The minimum absolute atomic E-state index is 0.194. The Morgan fingerprint density at radius 3 is 2.70 bits per heavy atom. The zero-order chi connectivity index (χ0) is 19.2.